The molecule has 0 aliphatic carbocycles. The number of hydrogen-bond acceptors (Lipinski definition) is 3. The predicted molar refractivity (Wildman–Crippen MR) is 117 cm³/mol. The normalized spacial score (nSPS) is 11.5. The summed E-state index contributed by atoms with van der Waals surface area (Å²) >= 11 is 0. The summed E-state index contributed by atoms with van der Waals surface area (Å²) in [6.45, 7) is 2.19. The Kier molecular flexibility index (Phi) is 7.66. The fraction of sp³-hybridized carbons (Fsp3) is 0.250. The maximum Gasteiger partial charge on any atom is 0.318 e. The molecule has 0 fully saturated rings. The molecule has 3 rings (SSSR count). The minimum Gasteiger partial charge on any atom is -0.467 e. The molecule has 1 aromatic heterocycles. The van der Waals surface area contributed by atoms with Crippen molar-refractivity contribution in [1.29, 1.82) is 0 Å². The van der Waals surface area contributed by atoms with E-state index in [4.69, 9.17) is 4.42 Å². The van der Waals surface area contributed by atoms with Gasteiger partial charge < -0.3 is 20.0 Å². The van der Waals surface area contributed by atoms with Crippen LogP contribution in [0.4, 0.5) is 10.5 Å². The monoisotopic (exact) mass is 405 g/mol. The molecule has 30 heavy (non-hydrogen) atoms. The highest BCUT2D eigenvalue weighted by molar-refractivity contribution is 5.94. The fourth-order valence-electron chi connectivity index (χ4n) is 3.22. The second kappa shape index (κ2) is 10.9. The van der Waals surface area contributed by atoms with Crippen LogP contribution in [0.25, 0.3) is 0 Å². The molecule has 3 aromatic rings. The van der Waals surface area contributed by atoms with E-state index in [0.717, 1.165) is 18.4 Å². The van der Waals surface area contributed by atoms with Crippen molar-refractivity contribution in [1.82, 2.24) is 10.2 Å². The molecule has 6 heteroatoms. The Morgan fingerprint density at radius 3 is 2.30 bits per heavy atom. The summed E-state index contributed by atoms with van der Waals surface area (Å²) in [5.74, 6) is 0.346. The van der Waals surface area contributed by atoms with Crippen LogP contribution in [0.2, 0.25) is 0 Å². The third-order valence-corrected chi connectivity index (χ3v) is 4.68. The summed E-state index contributed by atoms with van der Waals surface area (Å²) in [5, 5.41) is 5.91. The SMILES string of the molecule is CCC[C@@H](NC(=O)N(CC(=O)Nc1ccccc1)Cc1ccco1)c1ccccc1. The van der Waals surface area contributed by atoms with Crippen molar-refractivity contribution in [3.63, 3.8) is 0 Å². The van der Waals surface area contributed by atoms with Gasteiger partial charge in [-0.25, -0.2) is 4.79 Å². The van der Waals surface area contributed by atoms with Crippen LogP contribution >= 0.6 is 0 Å². The zero-order valence-corrected chi connectivity index (χ0v) is 17.1. The molecule has 2 aromatic carbocycles. The standard InChI is InChI=1S/C24H27N3O3/c1-2-10-22(19-11-5-3-6-12-19)26-24(29)27(17-21-15-9-16-30-21)18-23(28)25-20-13-7-4-8-14-20/h3-9,11-16,22H,2,10,17-18H2,1H3,(H,25,28)(H,26,29)/t22-/m1/s1. The molecule has 3 amide bonds. The van der Waals surface area contributed by atoms with Gasteiger partial charge in [0.25, 0.3) is 0 Å². The van der Waals surface area contributed by atoms with Gasteiger partial charge >= 0.3 is 6.03 Å². The number of furan rings is 1. The summed E-state index contributed by atoms with van der Waals surface area (Å²) in [6.07, 6.45) is 3.28. The predicted octanol–water partition coefficient (Wildman–Crippen LogP) is 4.97. The smallest absolute Gasteiger partial charge is 0.318 e. The molecule has 0 saturated carbocycles. The van der Waals surface area contributed by atoms with Gasteiger partial charge in [0.15, 0.2) is 0 Å². The van der Waals surface area contributed by atoms with E-state index in [2.05, 4.69) is 17.6 Å². The van der Waals surface area contributed by atoms with Crippen LogP contribution < -0.4 is 10.6 Å². The number of nitrogens with one attached hydrogen (secondary N) is 2. The highest BCUT2D eigenvalue weighted by atomic mass is 16.3. The van der Waals surface area contributed by atoms with E-state index in [0.29, 0.717) is 11.4 Å². The Morgan fingerprint density at radius 2 is 1.67 bits per heavy atom. The molecule has 156 valence electrons. The number of benzene rings is 2. The highest BCUT2D eigenvalue weighted by Gasteiger charge is 2.22. The molecule has 6 nitrogen and oxygen atoms in total. The Bertz CT molecular complexity index is 911. The summed E-state index contributed by atoms with van der Waals surface area (Å²) in [7, 11) is 0. The second-order valence-corrected chi connectivity index (χ2v) is 7.05. The number of para-hydroxylation sites is 1. The zero-order valence-electron chi connectivity index (χ0n) is 17.1. The van der Waals surface area contributed by atoms with Crippen molar-refractivity contribution in [2.75, 3.05) is 11.9 Å². The number of urea groups is 1. The first-order valence-electron chi connectivity index (χ1n) is 10.1. The molecule has 0 aliphatic rings. The lowest BCUT2D eigenvalue weighted by molar-refractivity contribution is -0.116. The molecule has 0 saturated heterocycles. The third-order valence-electron chi connectivity index (χ3n) is 4.68. The van der Waals surface area contributed by atoms with Crippen molar-refractivity contribution in [3.05, 3.63) is 90.4 Å². The first-order chi connectivity index (χ1) is 14.7. The van der Waals surface area contributed by atoms with Crippen molar-refractivity contribution >= 4 is 17.6 Å². The fourth-order valence-corrected chi connectivity index (χ4v) is 3.22. The maximum absolute atomic E-state index is 13.1. The van der Waals surface area contributed by atoms with Gasteiger partial charge in [0.2, 0.25) is 5.91 Å². The molecule has 2 N–H and O–H groups in total. The first kappa shape index (κ1) is 21.2. The minimum atomic E-state index is -0.308. The molecule has 0 aliphatic heterocycles. The van der Waals surface area contributed by atoms with Crippen LogP contribution in [0.1, 0.15) is 37.1 Å². The average Bonchev–Trinajstić information content (AvgIpc) is 3.27. The molecule has 0 radical (unpaired) electrons. The van der Waals surface area contributed by atoms with Crippen molar-refractivity contribution < 1.29 is 14.0 Å². The molecule has 0 unspecified atom stereocenters. The lowest BCUT2D eigenvalue weighted by Gasteiger charge is -2.26. The number of amides is 3. The van der Waals surface area contributed by atoms with Gasteiger partial charge in [0, 0.05) is 5.69 Å². The summed E-state index contributed by atoms with van der Waals surface area (Å²) < 4.78 is 5.40. The van der Waals surface area contributed by atoms with Gasteiger partial charge in [-0.1, -0.05) is 61.9 Å². The van der Waals surface area contributed by atoms with E-state index in [1.165, 1.54) is 4.90 Å². The summed E-state index contributed by atoms with van der Waals surface area (Å²) in [6, 6.07) is 22.2. The van der Waals surface area contributed by atoms with E-state index in [1.807, 2.05) is 60.7 Å². The topological polar surface area (TPSA) is 74.6 Å². The zero-order chi connectivity index (χ0) is 21.2. The summed E-state index contributed by atoms with van der Waals surface area (Å²) in [5.41, 5.74) is 1.73. The van der Waals surface area contributed by atoms with E-state index < -0.39 is 0 Å². The highest BCUT2D eigenvalue weighted by Crippen LogP contribution is 2.19. The number of hydrogen-bond donors (Lipinski definition) is 2. The van der Waals surface area contributed by atoms with Crippen molar-refractivity contribution in [2.45, 2.75) is 32.4 Å². The molecule has 1 atom stereocenters. The molecule has 0 bridgehead atoms. The second-order valence-electron chi connectivity index (χ2n) is 7.05. The van der Waals surface area contributed by atoms with E-state index >= 15 is 0 Å². The van der Waals surface area contributed by atoms with Gasteiger partial charge in [-0.3, -0.25) is 4.79 Å². The quantitative estimate of drug-likeness (QED) is 0.528. The van der Waals surface area contributed by atoms with Crippen LogP contribution in [0.15, 0.2) is 83.5 Å². The molecule has 1 heterocycles. The van der Waals surface area contributed by atoms with E-state index in [1.54, 1.807) is 18.4 Å². The number of nitrogens with zero attached hydrogens (tertiary/aromatic N) is 1. The van der Waals surface area contributed by atoms with E-state index in [9.17, 15) is 9.59 Å². The summed E-state index contributed by atoms with van der Waals surface area (Å²) in [4.78, 5) is 27.1. The minimum absolute atomic E-state index is 0.0882. The Morgan fingerprint density at radius 1 is 0.967 bits per heavy atom. The molecular weight excluding hydrogens is 378 g/mol. The van der Waals surface area contributed by atoms with Gasteiger partial charge in [-0.15, -0.1) is 0 Å². The number of rotatable bonds is 9. The number of carbonyl (C=O) groups is 2. The maximum atomic E-state index is 13.1. The van der Waals surface area contributed by atoms with Crippen LogP contribution in [-0.4, -0.2) is 23.4 Å². The van der Waals surface area contributed by atoms with Crippen molar-refractivity contribution in [2.24, 2.45) is 0 Å². The lowest BCUT2D eigenvalue weighted by Crippen LogP contribution is -2.44. The number of anilines is 1. The average molecular weight is 405 g/mol. The Balaban J connectivity index is 1.71. The van der Waals surface area contributed by atoms with Gasteiger partial charge in [-0.2, -0.15) is 0 Å². The Labute approximate surface area is 176 Å². The van der Waals surface area contributed by atoms with Crippen LogP contribution in [0, 0.1) is 0 Å². The van der Waals surface area contributed by atoms with Crippen molar-refractivity contribution in [3.8, 4) is 0 Å². The molecular formula is C24H27N3O3. The number of carbonyl (C=O) groups excluding carboxylic acids is 2. The van der Waals surface area contributed by atoms with Crippen LogP contribution in [-0.2, 0) is 11.3 Å². The first-order valence-corrected chi connectivity index (χ1v) is 10.1. The van der Waals surface area contributed by atoms with Gasteiger partial charge in [0.1, 0.15) is 12.3 Å². The van der Waals surface area contributed by atoms with Gasteiger partial charge in [-0.05, 0) is 36.2 Å². The van der Waals surface area contributed by atoms with Gasteiger partial charge in [0.05, 0.1) is 18.8 Å². The third kappa shape index (κ3) is 6.24. The lowest BCUT2D eigenvalue weighted by atomic mass is 10.0. The van der Waals surface area contributed by atoms with Crippen LogP contribution in [0.5, 0.6) is 0 Å². The largest absolute Gasteiger partial charge is 0.467 e. The Hall–Kier alpha value is -3.54. The molecule has 0 spiro atoms. The van der Waals surface area contributed by atoms with E-state index in [-0.39, 0.29) is 31.1 Å². The van der Waals surface area contributed by atoms with Crippen LogP contribution in [0.3, 0.4) is 0 Å².